The summed E-state index contributed by atoms with van der Waals surface area (Å²) in [5.74, 6) is 1.36. The zero-order valence-corrected chi connectivity index (χ0v) is 19.1. The summed E-state index contributed by atoms with van der Waals surface area (Å²) in [6.07, 6.45) is 7.01. The van der Waals surface area contributed by atoms with Gasteiger partial charge in [-0.2, -0.15) is 0 Å². The highest BCUT2D eigenvalue weighted by Crippen LogP contribution is 2.41. The minimum Gasteiger partial charge on any atom is -0.508 e. The van der Waals surface area contributed by atoms with Gasteiger partial charge in [-0.1, -0.05) is 85.1 Å². The van der Waals surface area contributed by atoms with Crippen LogP contribution in [0.1, 0.15) is 107 Å². The van der Waals surface area contributed by atoms with Crippen LogP contribution >= 0.6 is 0 Å². The second-order valence-electron chi connectivity index (χ2n) is 10.9. The zero-order chi connectivity index (χ0) is 21.4. The van der Waals surface area contributed by atoms with E-state index in [9.17, 15) is 10.2 Å². The van der Waals surface area contributed by atoms with Gasteiger partial charge in [0, 0.05) is 0 Å². The number of phenols is 2. The Morgan fingerprint density at radius 2 is 1.31 bits per heavy atom. The molecule has 0 bridgehead atoms. The van der Waals surface area contributed by atoms with Crippen LogP contribution in [-0.2, 0) is 17.3 Å². The van der Waals surface area contributed by atoms with Crippen LogP contribution < -0.4 is 0 Å². The van der Waals surface area contributed by atoms with Crippen molar-refractivity contribution in [1.82, 2.24) is 0 Å². The van der Waals surface area contributed by atoms with Crippen molar-refractivity contribution >= 4 is 0 Å². The van der Waals surface area contributed by atoms with E-state index in [-0.39, 0.29) is 10.8 Å². The smallest absolute Gasteiger partial charge is 0.123 e. The highest BCUT2D eigenvalue weighted by molar-refractivity contribution is 5.51. The molecule has 2 heteroatoms. The topological polar surface area (TPSA) is 40.5 Å². The van der Waals surface area contributed by atoms with E-state index in [2.05, 4.69) is 59.7 Å². The van der Waals surface area contributed by atoms with E-state index in [4.69, 9.17) is 0 Å². The SMILES string of the molecule is CC(C)(C)c1cc(Cc2ccc(O)c(C3CCCCC3)c2)cc(C(C)(C)C)c1O. The molecular weight excluding hydrogens is 356 g/mol. The Morgan fingerprint density at radius 1 is 0.759 bits per heavy atom. The van der Waals surface area contributed by atoms with Crippen LogP contribution in [-0.4, -0.2) is 10.2 Å². The minimum atomic E-state index is -0.123. The number of benzene rings is 2. The summed E-state index contributed by atoms with van der Waals surface area (Å²) in [7, 11) is 0. The third-order valence-corrected chi connectivity index (χ3v) is 6.33. The van der Waals surface area contributed by atoms with Crippen molar-refractivity contribution < 1.29 is 10.2 Å². The molecule has 2 aromatic rings. The van der Waals surface area contributed by atoms with E-state index >= 15 is 0 Å². The number of aromatic hydroxyl groups is 2. The van der Waals surface area contributed by atoms with E-state index in [0.717, 1.165) is 23.1 Å². The van der Waals surface area contributed by atoms with Gasteiger partial charge in [0.1, 0.15) is 11.5 Å². The summed E-state index contributed by atoms with van der Waals surface area (Å²) < 4.78 is 0. The lowest BCUT2D eigenvalue weighted by Gasteiger charge is -2.28. The van der Waals surface area contributed by atoms with Gasteiger partial charge in [0.05, 0.1) is 0 Å². The third-order valence-electron chi connectivity index (χ3n) is 6.33. The molecule has 29 heavy (non-hydrogen) atoms. The summed E-state index contributed by atoms with van der Waals surface area (Å²) in [6.45, 7) is 12.9. The van der Waals surface area contributed by atoms with Crippen molar-refractivity contribution in [1.29, 1.82) is 0 Å². The van der Waals surface area contributed by atoms with Gasteiger partial charge in [0.2, 0.25) is 0 Å². The van der Waals surface area contributed by atoms with Crippen LogP contribution in [0.15, 0.2) is 30.3 Å². The first kappa shape index (κ1) is 21.7. The summed E-state index contributed by atoms with van der Waals surface area (Å²) in [6, 6.07) is 10.5. The van der Waals surface area contributed by atoms with Gasteiger partial charge in [-0.15, -0.1) is 0 Å². The van der Waals surface area contributed by atoms with Crippen LogP contribution in [0, 0.1) is 0 Å². The lowest BCUT2D eigenvalue weighted by atomic mass is 9.77. The molecule has 1 fully saturated rings. The fraction of sp³-hybridized carbons (Fsp3) is 0.556. The average molecular weight is 395 g/mol. The fourth-order valence-corrected chi connectivity index (χ4v) is 4.63. The van der Waals surface area contributed by atoms with E-state index in [0.29, 0.717) is 17.4 Å². The lowest BCUT2D eigenvalue weighted by Crippen LogP contribution is -2.18. The Kier molecular flexibility index (Phi) is 6.03. The first-order valence-corrected chi connectivity index (χ1v) is 11.2. The molecule has 2 nitrogen and oxygen atoms in total. The minimum absolute atomic E-state index is 0.123. The molecule has 0 unspecified atom stereocenters. The Bertz CT molecular complexity index is 824. The quantitative estimate of drug-likeness (QED) is 0.572. The van der Waals surface area contributed by atoms with Crippen LogP contribution in [0.5, 0.6) is 11.5 Å². The molecule has 3 rings (SSSR count). The molecule has 1 aliphatic carbocycles. The second kappa shape index (κ2) is 8.05. The van der Waals surface area contributed by atoms with E-state index in [1.165, 1.54) is 43.2 Å². The van der Waals surface area contributed by atoms with E-state index < -0.39 is 0 Å². The van der Waals surface area contributed by atoms with Crippen LogP contribution in [0.3, 0.4) is 0 Å². The predicted molar refractivity (Wildman–Crippen MR) is 122 cm³/mol. The molecule has 2 aromatic carbocycles. The fourth-order valence-electron chi connectivity index (χ4n) is 4.63. The van der Waals surface area contributed by atoms with E-state index in [1.54, 1.807) is 0 Å². The largest absolute Gasteiger partial charge is 0.508 e. The highest BCUT2D eigenvalue weighted by Gasteiger charge is 2.26. The molecule has 1 saturated carbocycles. The van der Waals surface area contributed by atoms with Crippen LogP contribution in [0.25, 0.3) is 0 Å². The first-order valence-electron chi connectivity index (χ1n) is 11.2. The normalized spacial score (nSPS) is 16.2. The van der Waals surface area contributed by atoms with Crippen LogP contribution in [0.4, 0.5) is 0 Å². The molecule has 0 saturated heterocycles. The Labute approximate surface area is 177 Å². The molecule has 1 aliphatic rings. The molecule has 0 aromatic heterocycles. The summed E-state index contributed by atoms with van der Waals surface area (Å²) in [5.41, 5.74) is 5.34. The summed E-state index contributed by atoms with van der Waals surface area (Å²) in [5, 5.41) is 21.4. The van der Waals surface area contributed by atoms with Gasteiger partial charge in [-0.25, -0.2) is 0 Å². The van der Waals surface area contributed by atoms with Gasteiger partial charge in [-0.3, -0.25) is 0 Å². The van der Waals surface area contributed by atoms with Crippen molar-refractivity contribution in [2.45, 2.75) is 96.8 Å². The first-order chi connectivity index (χ1) is 13.5. The maximum absolute atomic E-state index is 11.0. The molecule has 0 amide bonds. The predicted octanol–water partition coefficient (Wildman–Crippen LogP) is 7.33. The molecule has 0 atom stereocenters. The summed E-state index contributed by atoms with van der Waals surface area (Å²) >= 11 is 0. The zero-order valence-electron chi connectivity index (χ0n) is 19.1. The average Bonchev–Trinajstić information content (AvgIpc) is 2.63. The lowest BCUT2D eigenvalue weighted by molar-refractivity contribution is 0.414. The van der Waals surface area contributed by atoms with Gasteiger partial charge in [0.25, 0.3) is 0 Å². The maximum Gasteiger partial charge on any atom is 0.123 e. The summed E-state index contributed by atoms with van der Waals surface area (Å²) in [4.78, 5) is 0. The van der Waals surface area contributed by atoms with Gasteiger partial charge in [-0.05, 0) is 69.9 Å². The van der Waals surface area contributed by atoms with Gasteiger partial charge < -0.3 is 10.2 Å². The number of phenolic OH excluding ortho intramolecular Hbond substituents is 2. The van der Waals surface area contributed by atoms with E-state index in [1.807, 2.05) is 12.1 Å². The van der Waals surface area contributed by atoms with Crippen molar-refractivity contribution in [3.05, 3.63) is 58.1 Å². The number of hydrogen-bond acceptors (Lipinski definition) is 2. The molecule has 0 heterocycles. The van der Waals surface area contributed by atoms with Crippen molar-refractivity contribution in [2.24, 2.45) is 0 Å². The standard InChI is InChI=1S/C27H38O2/c1-26(2,3)22-16-19(17-23(25(22)29)27(4,5)6)14-18-12-13-24(28)21(15-18)20-10-8-7-9-11-20/h12-13,15-17,20,28-29H,7-11,14H2,1-6H3. The van der Waals surface area contributed by atoms with Gasteiger partial charge in [0.15, 0.2) is 0 Å². The van der Waals surface area contributed by atoms with Crippen LogP contribution in [0.2, 0.25) is 0 Å². The van der Waals surface area contributed by atoms with Crippen molar-refractivity contribution in [3.8, 4) is 11.5 Å². The second-order valence-corrected chi connectivity index (χ2v) is 10.9. The molecule has 0 radical (unpaired) electrons. The maximum atomic E-state index is 11.0. The van der Waals surface area contributed by atoms with Crippen molar-refractivity contribution in [3.63, 3.8) is 0 Å². The molecular formula is C27H38O2. The Balaban J connectivity index is 1.99. The molecule has 0 spiro atoms. The molecule has 2 N–H and O–H groups in total. The highest BCUT2D eigenvalue weighted by atomic mass is 16.3. The molecule has 158 valence electrons. The third kappa shape index (κ3) is 4.97. The van der Waals surface area contributed by atoms with Crippen molar-refractivity contribution in [2.75, 3.05) is 0 Å². The Morgan fingerprint density at radius 3 is 1.83 bits per heavy atom. The number of rotatable bonds is 3. The van der Waals surface area contributed by atoms with Gasteiger partial charge >= 0.3 is 0 Å². The monoisotopic (exact) mass is 394 g/mol. The molecule has 0 aliphatic heterocycles. The number of hydrogen-bond donors (Lipinski definition) is 2. The Hall–Kier alpha value is -1.96.